The number of imidazole rings is 1. The molecule has 0 radical (unpaired) electrons. The minimum atomic E-state index is -0.460. The molecule has 3 aromatic rings. The van der Waals surface area contributed by atoms with Crippen molar-refractivity contribution < 1.29 is 18.4 Å². The Balaban J connectivity index is 1.76. The van der Waals surface area contributed by atoms with Crippen LogP contribution in [0.25, 0.3) is 5.69 Å². The fourth-order valence-electron chi connectivity index (χ4n) is 2.43. The van der Waals surface area contributed by atoms with Crippen LogP contribution in [0.2, 0.25) is 0 Å². The summed E-state index contributed by atoms with van der Waals surface area (Å²) in [6, 6.07) is 5.76. The number of carbonyl (C=O) groups is 1. The topological polar surface area (TPSA) is 82.2 Å². The Hall–Kier alpha value is -3.16. The van der Waals surface area contributed by atoms with E-state index in [2.05, 4.69) is 15.5 Å². The molecule has 1 amide bonds. The molecule has 0 fully saturated rings. The van der Waals surface area contributed by atoms with Crippen LogP contribution in [0.3, 0.4) is 0 Å². The van der Waals surface area contributed by atoms with Crippen molar-refractivity contribution in [2.75, 3.05) is 7.11 Å². The number of hydrogen-bond acceptors (Lipinski definition) is 5. The maximum Gasteiger partial charge on any atom is 0.290 e. The number of nitrogens with one attached hydrogen (secondary N) is 1. The molecular formula is C17H17FN4O3. The van der Waals surface area contributed by atoms with Gasteiger partial charge in [-0.05, 0) is 36.7 Å². The van der Waals surface area contributed by atoms with E-state index in [1.807, 2.05) is 0 Å². The van der Waals surface area contributed by atoms with Gasteiger partial charge in [0, 0.05) is 12.4 Å². The summed E-state index contributed by atoms with van der Waals surface area (Å²) in [5, 5.41) is 6.30. The summed E-state index contributed by atoms with van der Waals surface area (Å²) in [6.45, 7) is 3.55. The van der Waals surface area contributed by atoms with E-state index >= 15 is 0 Å². The summed E-state index contributed by atoms with van der Waals surface area (Å²) >= 11 is 0. The second-order valence-corrected chi connectivity index (χ2v) is 5.48. The van der Waals surface area contributed by atoms with Gasteiger partial charge in [-0.25, -0.2) is 9.37 Å². The first-order valence-corrected chi connectivity index (χ1v) is 7.61. The molecule has 1 N–H and O–H groups in total. The minimum Gasteiger partial charge on any atom is -0.479 e. The van der Waals surface area contributed by atoms with Gasteiger partial charge in [0.2, 0.25) is 5.76 Å². The van der Waals surface area contributed by atoms with Crippen LogP contribution in [-0.4, -0.2) is 27.7 Å². The smallest absolute Gasteiger partial charge is 0.290 e. The Bertz CT molecular complexity index is 903. The number of carbonyl (C=O) groups excluding carboxylic acids is 1. The maximum absolute atomic E-state index is 14.5. The molecule has 0 spiro atoms. The summed E-state index contributed by atoms with van der Waals surface area (Å²) in [7, 11) is 1.43. The van der Waals surface area contributed by atoms with Crippen molar-refractivity contribution in [1.82, 2.24) is 20.0 Å². The minimum absolute atomic E-state index is 0.0230. The fraction of sp³-hybridized carbons (Fsp3) is 0.235. The highest BCUT2D eigenvalue weighted by atomic mass is 19.1. The molecule has 0 bridgehead atoms. The van der Waals surface area contributed by atoms with E-state index in [1.54, 1.807) is 42.9 Å². The number of ether oxygens (including phenoxy) is 1. The molecule has 2 aromatic heterocycles. The summed E-state index contributed by atoms with van der Waals surface area (Å²) in [5.41, 5.74) is 1.02. The molecule has 1 atom stereocenters. The van der Waals surface area contributed by atoms with Crippen molar-refractivity contribution in [1.29, 1.82) is 0 Å². The van der Waals surface area contributed by atoms with Gasteiger partial charge in [0.15, 0.2) is 0 Å². The summed E-state index contributed by atoms with van der Waals surface area (Å²) < 4.78 is 25.9. The number of amides is 1. The van der Waals surface area contributed by atoms with Crippen LogP contribution in [0.15, 0.2) is 41.2 Å². The third kappa shape index (κ3) is 3.37. The van der Waals surface area contributed by atoms with E-state index in [4.69, 9.17) is 9.26 Å². The third-order valence-corrected chi connectivity index (χ3v) is 3.83. The van der Waals surface area contributed by atoms with E-state index in [-0.39, 0.29) is 11.6 Å². The van der Waals surface area contributed by atoms with E-state index in [0.29, 0.717) is 17.1 Å². The number of aromatic nitrogens is 3. The zero-order valence-electron chi connectivity index (χ0n) is 14.0. The Morgan fingerprint density at radius 3 is 2.80 bits per heavy atom. The number of aryl methyl sites for hydroxylation is 1. The lowest BCUT2D eigenvalue weighted by molar-refractivity contribution is 0.0902. The van der Waals surface area contributed by atoms with Crippen molar-refractivity contribution in [3.05, 3.63) is 59.6 Å². The van der Waals surface area contributed by atoms with E-state index in [1.165, 1.54) is 19.2 Å². The predicted molar refractivity (Wildman–Crippen MR) is 87.2 cm³/mol. The zero-order valence-corrected chi connectivity index (χ0v) is 14.0. The molecule has 130 valence electrons. The number of benzene rings is 1. The second kappa shape index (κ2) is 6.76. The van der Waals surface area contributed by atoms with Gasteiger partial charge in [-0.3, -0.25) is 4.79 Å². The molecule has 25 heavy (non-hydrogen) atoms. The first-order valence-electron chi connectivity index (χ1n) is 7.61. The number of nitrogens with zero attached hydrogens (tertiary/aromatic N) is 3. The molecule has 1 aromatic carbocycles. The Labute approximate surface area is 143 Å². The third-order valence-electron chi connectivity index (χ3n) is 3.83. The zero-order chi connectivity index (χ0) is 18.0. The average Bonchev–Trinajstić information content (AvgIpc) is 3.23. The molecule has 8 heteroatoms. The fourth-order valence-corrected chi connectivity index (χ4v) is 2.43. The SMILES string of the molecule is COc1cc(C(=O)N[C@@H](C)c2ccc(-n3ccnc3C)c(F)c2)on1. The number of hydrogen-bond donors (Lipinski definition) is 1. The predicted octanol–water partition coefficient (Wildman–Crippen LogP) is 2.81. The quantitative estimate of drug-likeness (QED) is 0.770. The highest BCUT2D eigenvalue weighted by Gasteiger charge is 2.18. The molecule has 3 rings (SSSR count). The first kappa shape index (κ1) is 16.7. The molecule has 7 nitrogen and oxygen atoms in total. The Morgan fingerprint density at radius 1 is 1.40 bits per heavy atom. The first-order chi connectivity index (χ1) is 12.0. The molecule has 0 aliphatic rings. The summed E-state index contributed by atoms with van der Waals surface area (Å²) in [5.74, 6) is 0.0604. The van der Waals surface area contributed by atoms with Crippen LogP contribution in [0.4, 0.5) is 4.39 Å². The van der Waals surface area contributed by atoms with Crippen LogP contribution in [0, 0.1) is 12.7 Å². The van der Waals surface area contributed by atoms with Gasteiger partial charge in [-0.2, -0.15) is 0 Å². The van der Waals surface area contributed by atoms with Crippen LogP contribution < -0.4 is 10.1 Å². The van der Waals surface area contributed by atoms with E-state index in [0.717, 1.165) is 0 Å². The molecule has 0 saturated heterocycles. The molecule has 0 unspecified atom stereocenters. The maximum atomic E-state index is 14.5. The largest absolute Gasteiger partial charge is 0.479 e. The van der Waals surface area contributed by atoms with Gasteiger partial charge in [0.05, 0.1) is 24.9 Å². The summed E-state index contributed by atoms with van der Waals surface area (Å²) in [4.78, 5) is 16.2. The van der Waals surface area contributed by atoms with Crippen molar-refractivity contribution >= 4 is 5.91 Å². The van der Waals surface area contributed by atoms with Crippen molar-refractivity contribution in [3.63, 3.8) is 0 Å². The lowest BCUT2D eigenvalue weighted by Crippen LogP contribution is -2.26. The lowest BCUT2D eigenvalue weighted by atomic mass is 10.1. The van der Waals surface area contributed by atoms with Gasteiger partial charge in [0.25, 0.3) is 11.8 Å². The molecular weight excluding hydrogens is 327 g/mol. The van der Waals surface area contributed by atoms with Gasteiger partial charge in [-0.15, -0.1) is 0 Å². The van der Waals surface area contributed by atoms with Crippen molar-refractivity contribution in [2.45, 2.75) is 19.9 Å². The van der Waals surface area contributed by atoms with Gasteiger partial charge in [-0.1, -0.05) is 6.07 Å². The van der Waals surface area contributed by atoms with Crippen LogP contribution in [0.5, 0.6) is 5.88 Å². The van der Waals surface area contributed by atoms with Crippen LogP contribution in [-0.2, 0) is 0 Å². The number of halogens is 1. The van der Waals surface area contributed by atoms with Gasteiger partial charge in [0.1, 0.15) is 11.6 Å². The van der Waals surface area contributed by atoms with Gasteiger partial charge < -0.3 is 19.1 Å². The lowest BCUT2D eigenvalue weighted by Gasteiger charge is -2.15. The average molecular weight is 344 g/mol. The van der Waals surface area contributed by atoms with Crippen molar-refractivity contribution in [2.24, 2.45) is 0 Å². The summed E-state index contributed by atoms with van der Waals surface area (Å²) in [6.07, 6.45) is 3.30. The Kier molecular flexibility index (Phi) is 4.51. The molecule has 0 saturated carbocycles. The van der Waals surface area contributed by atoms with E-state index in [9.17, 15) is 9.18 Å². The number of rotatable bonds is 5. The van der Waals surface area contributed by atoms with Crippen LogP contribution in [0.1, 0.15) is 34.9 Å². The monoisotopic (exact) mass is 344 g/mol. The van der Waals surface area contributed by atoms with E-state index < -0.39 is 17.8 Å². The highest BCUT2D eigenvalue weighted by Crippen LogP contribution is 2.21. The van der Waals surface area contributed by atoms with Gasteiger partial charge >= 0.3 is 0 Å². The standard InChI is InChI=1S/C17H17FN4O3/c1-10(20-17(23)15-9-16(24-3)21-25-15)12-4-5-14(13(18)8-12)22-7-6-19-11(22)2/h4-10H,1-3H3,(H,20,23)/t10-/m0/s1. The second-order valence-electron chi connectivity index (χ2n) is 5.48. The van der Waals surface area contributed by atoms with Crippen molar-refractivity contribution in [3.8, 4) is 11.6 Å². The molecule has 0 aliphatic carbocycles. The highest BCUT2D eigenvalue weighted by molar-refractivity contribution is 5.91. The Morgan fingerprint density at radius 2 is 2.20 bits per heavy atom. The molecule has 2 heterocycles. The molecule has 0 aliphatic heterocycles. The number of methoxy groups -OCH3 is 1. The normalized spacial score (nSPS) is 12.0. The van der Waals surface area contributed by atoms with Crippen LogP contribution >= 0.6 is 0 Å².